The molecule has 0 fully saturated rings. The summed E-state index contributed by atoms with van der Waals surface area (Å²) in [6.45, 7) is 0.549. The highest BCUT2D eigenvalue weighted by molar-refractivity contribution is 5.70. The number of carbonyl (C=O) groups excluding carboxylic acids is 2. The first-order chi connectivity index (χ1) is 17.0. The largest absolute Gasteiger partial charge is 0.497 e. The van der Waals surface area contributed by atoms with E-state index in [4.69, 9.17) is 14.2 Å². The van der Waals surface area contributed by atoms with Crippen LogP contribution in [0.5, 0.6) is 11.5 Å². The van der Waals surface area contributed by atoms with Gasteiger partial charge in [0, 0.05) is 12.8 Å². The van der Waals surface area contributed by atoms with E-state index < -0.39 is 0 Å². The Morgan fingerprint density at radius 1 is 0.943 bits per heavy atom. The lowest BCUT2D eigenvalue weighted by molar-refractivity contribution is -0.141. The number of aromatic nitrogens is 1. The number of carbonyl (C=O) groups is 2. The molecule has 1 aromatic carbocycles. The van der Waals surface area contributed by atoms with Crippen molar-refractivity contribution in [2.45, 2.75) is 44.9 Å². The van der Waals surface area contributed by atoms with E-state index >= 15 is 0 Å². The van der Waals surface area contributed by atoms with Gasteiger partial charge in [0.2, 0.25) is 0 Å². The Labute approximate surface area is 207 Å². The molecule has 1 aromatic heterocycles. The maximum atomic E-state index is 11.6. The summed E-state index contributed by atoms with van der Waals surface area (Å²) in [5.74, 6) is 6.75. The van der Waals surface area contributed by atoms with Crippen molar-refractivity contribution in [2.75, 3.05) is 27.9 Å². The molecule has 35 heavy (non-hydrogen) atoms. The van der Waals surface area contributed by atoms with Crippen LogP contribution in [-0.4, -0.2) is 44.9 Å². The molecule has 0 saturated carbocycles. The molecular formula is C28H33NO6. The number of aryl methyl sites for hydroxylation is 1. The average molecular weight is 480 g/mol. The van der Waals surface area contributed by atoms with Crippen molar-refractivity contribution in [2.24, 2.45) is 0 Å². The summed E-state index contributed by atoms with van der Waals surface area (Å²) >= 11 is 0. The number of ether oxygens (including phenoxy) is 4. The number of hydrogen-bond acceptors (Lipinski definition) is 7. The zero-order valence-corrected chi connectivity index (χ0v) is 20.7. The summed E-state index contributed by atoms with van der Waals surface area (Å²) in [4.78, 5) is 27.3. The first-order valence-electron chi connectivity index (χ1n) is 11.6. The van der Waals surface area contributed by atoms with Gasteiger partial charge in [-0.05, 0) is 55.0 Å². The molecule has 0 amide bonds. The number of esters is 2. The lowest BCUT2D eigenvalue weighted by Crippen LogP contribution is -2.07. The number of unbranched alkanes of at least 4 members (excludes halogenated alkanes) is 2. The molecule has 0 aliphatic carbocycles. The zero-order chi connectivity index (χ0) is 25.3. The highest BCUT2D eigenvalue weighted by atomic mass is 16.5. The zero-order valence-electron chi connectivity index (χ0n) is 20.7. The monoisotopic (exact) mass is 479 g/mol. The van der Waals surface area contributed by atoms with E-state index in [1.807, 2.05) is 30.3 Å². The Bertz CT molecular complexity index is 1030. The number of nitrogens with zero attached hydrogens (tertiary/aromatic N) is 1. The fourth-order valence-electron chi connectivity index (χ4n) is 3.09. The second-order valence-corrected chi connectivity index (χ2v) is 7.62. The van der Waals surface area contributed by atoms with Crippen molar-refractivity contribution >= 4 is 18.0 Å². The Morgan fingerprint density at radius 2 is 1.69 bits per heavy atom. The maximum Gasteiger partial charge on any atom is 0.306 e. The molecule has 186 valence electrons. The second-order valence-electron chi connectivity index (χ2n) is 7.62. The van der Waals surface area contributed by atoms with Gasteiger partial charge in [-0.3, -0.25) is 9.59 Å². The van der Waals surface area contributed by atoms with E-state index in [1.165, 1.54) is 14.2 Å². The van der Waals surface area contributed by atoms with Crippen molar-refractivity contribution in [3.8, 4) is 23.3 Å². The summed E-state index contributed by atoms with van der Waals surface area (Å²) in [5.41, 5.74) is 2.36. The van der Waals surface area contributed by atoms with Gasteiger partial charge in [-0.15, -0.1) is 0 Å². The van der Waals surface area contributed by atoms with E-state index in [9.17, 15) is 9.59 Å². The van der Waals surface area contributed by atoms with E-state index in [1.54, 1.807) is 13.2 Å². The van der Waals surface area contributed by atoms with Gasteiger partial charge in [0.05, 0.1) is 46.5 Å². The van der Waals surface area contributed by atoms with Crippen LogP contribution in [0.15, 0.2) is 42.5 Å². The quantitative estimate of drug-likeness (QED) is 0.233. The third-order valence-electron chi connectivity index (χ3n) is 5.07. The van der Waals surface area contributed by atoms with Crippen molar-refractivity contribution in [3.63, 3.8) is 0 Å². The van der Waals surface area contributed by atoms with E-state index in [2.05, 4.69) is 33.7 Å². The van der Waals surface area contributed by atoms with Gasteiger partial charge in [-0.2, -0.15) is 0 Å². The van der Waals surface area contributed by atoms with Crippen LogP contribution in [0, 0.1) is 11.8 Å². The molecule has 0 radical (unpaired) electrons. The number of rotatable bonds is 13. The number of pyridine rings is 1. The second kappa shape index (κ2) is 15.9. The van der Waals surface area contributed by atoms with E-state index in [0.29, 0.717) is 36.6 Å². The van der Waals surface area contributed by atoms with Crippen LogP contribution in [0.2, 0.25) is 0 Å². The number of benzene rings is 1. The third-order valence-corrected chi connectivity index (χ3v) is 5.07. The molecular weight excluding hydrogens is 446 g/mol. The summed E-state index contributed by atoms with van der Waals surface area (Å²) in [5, 5.41) is 0. The molecule has 7 heteroatoms. The predicted molar refractivity (Wildman–Crippen MR) is 134 cm³/mol. The van der Waals surface area contributed by atoms with Gasteiger partial charge in [0.1, 0.15) is 17.2 Å². The molecule has 2 aromatic rings. The van der Waals surface area contributed by atoms with Crippen molar-refractivity contribution in [1.82, 2.24) is 4.98 Å². The van der Waals surface area contributed by atoms with Gasteiger partial charge in [0.25, 0.3) is 0 Å². The van der Waals surface area contributed by atoms with Crippen molar-refractivity contribution < 1.29 is 28.5 Å². The van der Waals surface area contributed by atoms with Gasteiger partial charge >= 0.3 is 11.9 Å². The topological polar surface area (TPSA) is 84.0 Å². The Kier molecular flexibility index (Phi) is 12.5. The maximum absolute atomic E-state index is 11.6. The van der Waals surface area contributed by atoms with Crippen LogP contribution in [0.4, 0.5) is 0 Å². The summed E-state index contributed by atoms with van der Waals surface area (Å²) in [7, 11) is 4.37. The van der Waals surface area contributed by atoms with Crippen LogP contribution < -0.4 is 9.47 Å². The molecule has 0 unspecified atom stereocenters. The van der Waals surface area contributed by atoms with Crippen LogP contribution >= 0.6 is 0 Å². The predicted octanol–water partition coefficient (Wildman–Crippen LogP) is 4.76. The van der Waals surface area contributed by atoms with Gasteiger partial charge in [0.15, 0.2) is 0 Å². The molecule has 0 aliphatic heterocycles. The Morgan fingerprint density at radius 3 is 2.40 bits per heavy atom. The number of methoxy groups -OCH3 is 3. The minimum absolute atomic E-state index is 0.204. The average Bonchev–Trinajstić information content (AvgIpc) is 2.89. The Balaban J connectivity index is 1.86. The van der Waals surface area contributed by atoms with Crippen LogP contribution in [0.3, 0.4) is 0 Å². The molecule has 0 N–H and O–H groups in total. The minimum atomic E-state index is -0.309. The molecule has 0 aliphatic rings. The minimum Gasteiger partial charge on any atom is -0.497 e. The van der Waals surface area contributed by atoms with Crippen LogP contribution in [0.25, 0.3) is 6.08 Å². The lowest BCUT2D eigenvalue weighted by atomic mass is 10.1. The highest BCUT2D eigenvalue weighted by Crippen LogP contribution is 2.20. The number of hydrogen-bond donors (Lipinski definition) is 0. The van der Waals surface area contributed by atoms with E-state index in [-0.39, 0.29) is 24.8 Å². The first kappa shape index (κ1) is 27.5. The SMILES string of the molecule is COC(=O)CCC#Cc1ccc(OCCCC/C=C/c2ccc(OC)cc2)c(CCC(=O)OC)n1. The molecule has 7 nitrogen and oxygen atoms in total. The smallest absolute Gasteiger partial charge is 0.306 e. The molecule has 0 spiro atoms. The van der Waals surface area contributed by atoms with Gasteiger partial charge in [-0.1, -0.05) is 30.2 Å². The molecule has 1 heterocycles. The van der Waals surface area contributed by atoms with Crippen LogP contribution in [0.1, 0.15) is 55.5 Å². The molecule has 2 rings (SSSR count). The van der Waals surface area contributed by atoms with Gasteiger partial charge in [-0.25, -0.2) is 4.98 Å². The third kappa shape index (κ3) is 10.8. The van der Waals surface area contributed by atoms with Gasteiger partial charge < -0.3 is 18.9 Å². The summed E-state index contributed by atoms with van der Waals surface area (Å²) < 4.78 is 20.5. The fourth-order valence-corrected chi connectivity index (χ4v) is 3.09. The van der Waals surface area contributed by atoms with Crippen molar-refractivity contribution in [1.29, 1.82) is 0 Å². The summed E-state index contributed by atoms with van der Waals surface area (Å²) in [6.07, 6.45) is 8.29. The van der Waals surface area contributed by atoms with E-state index in [0.717, 1.165) is 30.6 Å². The summed E-state index contributed by atoms with van der Waals surface area (Å²) in [6, 6.07) is 11.5. The Hall–Kier alpha value is -3.79. The fraction of sp³-hybridized carbons (Fsp3) is 0.393. The molecule has 0 atom stereocenters. The standard InChI is InChI=1S/C28H33NO6/c1-32-24-16-13-22(14-17-24)10-6-4-5-9-21-35-26-19-15-23(11-7-8-12-27(30)33-2)29-25(26)18-20-28(31)34-3/h6,10,13-17,19H,4-5,8-9,12,18,20-21H2,1-3H3/b10-6+. The van der Waals surface area contributed by atoms with Crippen molar-refractivity contribution in [3.05, 3.63) is 59.4 Å². The first-order valence-corrected chi connectivity index (χ1v) is 11.6. The number of allylic oxidation sites excluding steroid dienone is 1. The highest BCUT2D eigenvalue weighted by Gasteiger charge is 2.10. The molecule has 0 bridgehead atoms. The normalized spacial score (nSPS) is 10.4. The van der Waals surface area contributed by atoms with Crippen LogP contribution in [-0.2, 0) is 25.5 Å². The lowest BCUT2D eigenvalue weighted by Gasteiger charge is -2.11. The molecule has 0 saturated heterocycles.